The Morgan fingerprint density at radius 3 is 2.38 bits per heavy atom. The second-order valence-electron chi connectivity index (χ2n) is 12.5. The molecule has 14 heteroatoms. The fourth-order valence-corrected chi connectivity index (χ4v) is 6.68. The van der Waals surface area contributed by atoms with E-state index in [0.717, 1.165) is 16.7 Å². The summed E-state index contributed by atoms with van der Waals surface area (Å²) in [4.78, 5) is 21.7. The highest BCUT2D eigenvalue weighted by molar-refractivity contribution is 6.32. The number of carboxylic acid groups (broad SMARTS) is 1. The number of carboxylic acids is 1. The molecule has 248 valence electrons. The van der Waals surface area contributed by atoms with Crippen molar-refractivity contribution in [2.75, 3.05) is 30.3 Å². The molecule has 2 saturated heterocycles. The highest BCUT2D eigenvalue weighted by atomic mass is 35.5. The molecule has 1 spiro atoms. The van der Waals surface area contributed by atoms with Crippen LogP contribution in [-0.2, 0) is 4.79 Å². The maximum absolute atomic E-state index is 14.9. The lowest BCUT2D eigenvalue weighted by Crippen LogP contribution is -2.41. The summed E-state index contributed by atoms with van der Waals surface area (Å²) in [5, 5.41) is 17.5. The van der Waals surface area contributed by atoms with Crippen LogP contribution in [0.15, 0.2) is 48.7 Å². The second-order valence-corrected chi connectivity index (χ2v) is 12.9. The lowest BCUT2D eigenvalue weighted by molar-refractivity contribution is -0.198. The predicted molar refractivity (Wildman–Crippen MR) is 172 cm³/mol. The standard InChI is InChI=1S/C33H35ClF3N7O3/c1-18-12-22(13-19(2)28(18)34)21-4-5-23(25(14-21)44-9-6-20(3)42-44)29(33(35,36)37)47-27-15-26(40-31(38)41-27)43-10-7-32(8-11-43)16-24(30(45)46)39-17-32/h4-6,9,12-15,24,29,39H,7-8,10-11,16-17H2,1-3H3,(H,45,46)(H2,38,40,41). The fourth-order valence-electron chi connectivity index (χ4n) is 6.57. The second kappa shape index (κ2) is 12.3. The number of nitrogens with zero attached hydrogens (tertiary/aromatic N) is 5. The molecule has 0 saturated carbocycles. The molecule has 4 heterocycles. The SMILES string of the molecule is Cc1ccn(-c2cc(-c3cc(C)c(Cl)c(C)c3)ccc2C(Oc2cc(N3CCC4(CC3)CNC(C(=O)O)C4)nc(N)n2)C(F)(F)F)n1. The summed E-state index contributed by atoms with van der Waals surface area (Å²) in [7, 11) is 0. The van der Waals surface area contributed by atoms with Gasteiger partial charge in [0.15, 0.2) is 0 Å². The van der Waals surface area contributed by atoms with Crippen LogP contribution in [0.2, 0.25) is 5.02 Å². The molecule has 2 aliphatic heterocycles. The number of hydrogen-bond acceptors (Lipinski definition) is 8. The summed E-state index contributed by atoms with van der Waals surface area (Å²) in [6.45, 7) is 7.16. The van der Waals surface area contributed by atoms with Crippen LogP contribution in [-0.4, -0.2) is 62.7 Å². The lowest BCUT2D eigenvalue weighted by atomic mass is 9.76. The number of benzene rings is 2. The number of aromatic nitrogens is 4. The summed E-state index contributed by atoms with van der Waals surface area (Å²) in [5.41, 5.74) is 9.68. The molecule has 2 aromatic carbocycles. The Labute approximate surface area is 274 Å². The zero-order chi connectivity index (χ0) is 33.7. The van der Waals surface area contributed by atoms with E-state index in [1.54, 1.807) is 31.3 Å². The van der Waals surface area contributed by atoms with Gasteiger partial charge in [-0.2, -0.15) is 28.2 Å². The largest absolute Gasteiger partial charge is 0.480 e. The van der Waals surface area contributed by atoms with Gasteiger partial charge in [-0.05, 0) is 92.0 Å². The molecule has 2 aromatic heterocycles. The topological polar surface area (TPSA) is 131 Å². The normalized spacial score (nSPS) is 18.4. The van der Waals surface area contributed by atoms with Crippen LogP contribution >= 0.6 is 11.6 Å². The molecule has 0 aliphatic carbocycles. The quantitative estimate of drug-likeness (QED) is 0.210. The Hall–Kier alpha value is -4.36. The minimum atomic E-state index is -4.83. The number of nitrogens with two attached hydrogens (primary N) is 1. The van der Waals surface area contributed by atoms with Crippen LogP contribution in [0.3, 0.4) is 0 Å². The first-order chi connectivity index (χ1) is 22.2. The van der Waals surface area contributed by atoms with Gasteiger partial charge in [0.25, 0.3) is 0 Å². The number of halogens is 4. The van der Waals surface area contributed by atoms with Crippen molar-refractivity contribution in [3.05, 3.63) is 76.1 Å². The zero-order valence-corrected chi connectivity index (χ0v) is 26.9. The van der Waals surface area contributed by atoms with E-state index >= 15 is 0 Å². The molecule has 0 amide bonds. The molecule has 10 nitrogen and oxygen atoms in total. The third-order valence-corrected chi connectivity index (χ3v) is 9.70. The van der Waals surface area contributed by atoms with Crippen molar-refractivity contribution in [3.8, 4) is 22.7 Å². The first-order valence-electron chi connectivity index (χ1n) is 15.2. The highest BCUT2D eigenvalue weighted by Crippen LogP contribution is 2.43. The molecule has 2 aliphatic rings. The molecule has 47 heavy (non-hydrogen) atoms. The molecule has 4 aromatic rings. The van der Waals surface area contributed by atoms with Crippen molar-refractivity contribution >= 4 is 29.3 Å². The lowest BCUT2D eigenvalue weighted by Gasteiger charge is -2.39. The molecule has 0 radical (unpaired) electrons. The third-order valence-electron chi connectivity index (χ3n) is 9.10. The van der Waals surface area contributed by atoms with Crippen molar-refractivity contribution in [1.29, 1.82) is 0 Å². The summed E-state index contributed by atoms with van der Waals surface area (Å²) in [5.74, 6) is -1.07. The predicted octanol–water partition coefficient (Wildman–Crippen LogP) is 6.21. The van der Waals surface area contributed by atoms with Gasteiger partial charge < -0.3 is 25.8 Å². The average molecular weight is 670 g/mol. The van der Waals surface area contributed by atoms with E-state index in [9.17, 15) is 23.1 Å². The summed E-state index contributed by atoms with van der Waals surface area (Å²) >= 11 is 6.38. The molecule has 2 atom stereocenters. The van der Waals surface area contributed by atoms with Crippen LogP contribution in [0.25, 0.3) is 16.8 Å². The number of nitrogens with one attached hydrogen (secondary N) is 1. The fraction of sp³-hybridized carbons (Fsp3) is 0.394. The van der Waals surface area contributed by atoms with Crippen LogP contribution in [0.5, 0.6) is 5.88 Å². The van der Waals surface area contributed by atoms with E-state index in [0.29, 0.717) is 61.0 Å². The number of hydrogen-bond donors (Lipinski definition) is 3. The van der Waals surface area contributed by atoms with Crippen LogP contribution in [0, 0.1) is 26.2 Å². The number of carbonyl (C=O) groups is 1. The minimum absolute atomic E-state index is 0.157. The van der Waals surface area contributed by atoms with Gasteiger partial charge in [0.2, 0.25) is 17.9 Å². The average Bonchev–Trinajstić information content (AvgIpc) is 3.64. The van der Waals surface area contributed by atoms with Crippen molar-refractivity contribution in [2.24, 2.45) is 5.41 Å². The summed E-state index contributed by atoms with van der Waals surface area (Å²) in [6.07, 6.45) is -3.72. The van der Waals surface area contributed by atoms with E-state index in [2.05, 4.69) is 20.4 Å². The van der Waals surface area contributed by atoms with Crippen LogP contribution in [0.4, 0.5) is 24.9 Å². The van der Waals surface area contributed by atoms with E-state index < -0.39 is 24.3 Å². The van der Waals surface area contributed by atoms with Crippen molar-refractivity contribution in [2.45, 2.75) is 58.4 Å². The number of piperidine rings is 1. The molecule has 2 fully saturated rings. The van der Waals surface area contributed by atoms with Gasteiger partial charge in [-0.25, -0.2) is 4.68 Å². The van der Waals surface area contributed by atoms with E-state index in [1.807, 2.05) is 30.9 Å². The maximum Gasteiger partial charge on any atom is 0.429 e. The van der Waals surface area contributed by atoms with Gasteiger partial charge in [-0.1, -0.05) is 23.7 Å². The van der Waals surface area contributed by atoms with Crippen molar-refractivity contribution in [3.63, 3.8) is 0 Å². The molecule has 2 unspecified atom stereocenters. The first-order valence-corrected chi connectivity index (χ1v) is 15.6. The first kappa shape index (κ1) is 32.6. The van der Waals surface area contributed by atoms with Gasteiger partial charge >= 0.3 is 12.1 Å². The number of alkyl halides is 3. The third kappa shape index (κ3) is 6.72. The van der Waals surface area contributed by atoms with E-state index in [-0.39, 0.29) is 28.5 Å². The summed E-state index contributed by atoms with van der Waals surface area (Å²) < 4.78 is 51.7. The number of ether oxygens (including phenoxy) is 1. The number of nitrogen functional groups attached to an aromatic ring is 1. The molecule has 4 N–H and O–H groups in total. The van der Waals surface area contributed by atoms with Crippen molar-refractivity contribution < 1.29 is 27.8 Å². The molecule has 6 rings (SSSR count). The van der Waals surface area contributed by atoms with Crippen molar-refractivity contribution in [1.82, 2.24) is 25.1 Å². The maximum atomic E-state index is 14.9. The number of aliphatic carboxylic acids is 1. The number of rotatable bonds is 7. The smallest absolute Gasteiger partial charge is 0.429 e. The Kier molecular flexibility index (Phi) is 8.56. The number of aryl methyl sites for hydroxylation is 3. The van der Waals surface area contributed by atoms with Crippen LogP contribution < -0.4 is 20.7 Å². The molecule has 0 bridgehead atoms. The van der Waals surface area contributed by atoms with Gasteiger partial charge in [-0.15, -0.1) is 0 Å². The Balaban J connectivity index is 1.32. The van der Waals surface area contributed by atoms with Gasteiger partial charge in [0.05, 0.1) is 11.4 Å². The minimum Gasteiger partial charge on any atom is -0.480 e. The Morgan fingerprint density at radius 2 is 1.79 bits per heavy atom. The van der Waals surface area contributed by atoms with E-state index in [4.69, 9.17) is 22.1 Å². The Morgan fingerprint density at radius 1 is 1.09 bits per heavy atom. The Bertz CT molecular complexity index is 1800. The summed E-state index contributed by atoms with van der Waals surface area (Å²) in [6, 6.07) is 10.9. The highest BCUT2D eigenvalue weighted by Gasteiger charge is 2.46. The molecular weight excluding hydrogens is 635 g/mol. The molecular formula is C33H35ClF3N7O3. The van der Waals surface area contributed by atoms with Gasteiger partial charge in [0.1, 0.15) is 11.9 Å². The monoisotopic (exact) mass is 669 g/mol. The van der Waals surface area contributed by atoms with Gasteiger partial charge in [0, 0.05) is 42.5 Å². The van der Waals surface area contributed by atoms with Gasteiger partial charge in [-0.3, -0.25) is 4.79 Å². The zero-order valence-electron chi connectivity index (χ0n) is 26.1. The van der Waals surface area contributed by atoms with E-state index in [1.165, 1.54) is 16.8 Å². The van der Waals surface area contributed by atoms with Crippen LogP contribution in [0.1, 0.15) is 47.8 Å². The number of anilines is 2.